The van der Waals surface area contributed by atoms with Crippen molar-refractivity contribution >= 4 is 45.8 Å². The van der Waals surface area contributed by atoms with E-state index in [1.807, 2.05) is 87.2 Å². The van der Waals surface area contributed by atoms with Crippen LogP contribution in [0.2, 0.25) is 0 Å². The summed E-state index contributed by atoms with van der Waals surface area (Å²) < 4.78 is 9.59. The van der Waals surface area contributed by atoms with Crippen molar-refractivity contribution in [1.29, 1.82) is 0 Å². The molecule has 322 valence electrons. The number of methoxy groups -OCH3 is 2. The molecule has 3 unspecified atom stereocenters. The van der Waals surface area contributed by atoms with Gasteiger partial charge in [0.05, 0.1) is 49.7 Å². The number of ether oxygens (including phenoxy) is 2. The van der Waals surface area contributed by atoms with E-state index in [1.165, 1.54) is 14.2 Å². The lowest BCUT2D eigenvalue weighted by Gasteiger charge is -2.29. The monoisotopic (exact) mass is 838 g/mol. The van der Waals surface area contributed by atoms with Gasteiger partial charge in [-0.3, -0.25) is 9.59 Å². The lowest BCUT2D eigenvalue weighted by Crippen LogP contribution is -2.51. The third kappa shape index (κ3) is 10.2. The van der Waals surface area contributed by atoms with Gasteiger partial charge in [-0.05, 0) is 79.0 Å². The van der Waals surface area contributed by atoms with Crippen LogP contribution in [-0.4, -0.2) is 93.1 Å². The van der Waals surface area contributed by atoms with Crippen LogP contribution in [0.3, 0.4) is 0 Å². The van der Waals surface area contributed by atoms with E-state index < -0.39 is 24.3 Å². The molecule has 1 saturated heterocycles. The van der Waals surface area contributed by atoms with Gasteiger partial charge in [0.25, 0.3) is 0 Å². The first-order chi connectivity index (χ1) is 30.0. The van der Waals surface area contributed by atoms with Crippen LogP contribution in [0.1, 0.15) is 75.8 Å². The van der Waals surface area contributed by atoms with Crippen molar-refractivity contribution in [2.45, 2.75) is 71.6 Å². The van der Waals surface area contributed by atoms with E-state index in [9.17, 15) is 19.2 Å². The summed E-state index contributed by atoms with van der Waals surface area (Å²) in [5, 5.41) is 7.35. The van der Waals surface area contributed by atoms with Crippen LogP contribution in [-0.2, 0) is 25.6 Å². The molecule has 5 aromatic rings. The molecule has 2 aromatic heterocycles. The third-order valence-corrected chi connectivity index (χ3v) is 10.7. The molecule has 6 rings (SSSR count). The van der Waals surface area contributed by atoms with Gasteiger partial charge in [0.1, 0.15) is 23.7 Å². The van der Waals surface area contributed by atoms with Crippen LogP contribution < -0.4 is 10.6 Å². The number of nitrogens with zero attached hydrogens (tertiary/aromatic N) is 4. The van der Waals surface area contributed by atoms with Crippen molar-refractivity contribution in [3.8, 4) is 23.1 Å². The average molecular weight is 839 g/mol. The zero-order chi connectivity index (χ0) is 44.3. The fourth-order valence-corrected chi connectivity index (χ4v) is 7.66. The Balaban J connectivity index is 1.15. The minimum Gasteiger partial charge on any atom is -0.453 e. The van der Waals surface area contributed by atoms with Crippen LogP contribution in [0.4, 0.5) is 9.59 Å². The van der Waals surface area contributed by atoms with Gasteiger partial charge < -0.3 is 39.9 Å². The third-order valence-electron chi connectivity index (χ3n) is 10.7. The second-order valence-corrected chi connectivity index (χ2v) is 15.4. The number of alkyl carbamates (subject to hydrolysis) is 2. The molecule has 1 aliphatic heterocycles. The van der Waals surface area contributed by atoms with Crippen LogP contribution in [0, 0.1) is 17.8 Å². The fraction of sp³-hybridized carbons (Fsp3) is 0.333. The highest BCUT2D eigenvalue weighted by Crippen LogP contribution is 2.34. The number of H-pyrrole nitrogens is 2. The van der Waals surface area contributed by atoms with Crippen molar-refractivity contribution in [3.63, 3.8) is 0 Å². The molecule has 3 aromatic carbocycles. The highest BCUT2D eigenvalue weighted by Gasteiger charge is 2.37. The Morgan fingerprint density at radius 3 is 2.42 bits per heavy atom. The number of imidazole rings is 2. The Hall–Kier alpha value is -7.14. The molecule has 62 heavy (non-hydrogen) atoms. The number of rotatable bonds is 14. The largest absolute Gasteiger partial charge is 0.453 e. The number of likely N-dealkylation sites (tertiary alicyclic amines) is 1. The minimum atomic E-state index is -0.974. The summed E-state index contributed by atoms with van der Waals surface area (Å²) >= 11 is 0. The molecule has 14 heteroatoms. The minimum absolute atomic E-state index is 0.119. The van der Waals surface area contributed by atoms with Gasteiger partial charge in [0.15, 0.2) is 0 Å². The standard InChI is InChI=1S/C48H54N8O6/c1-8-12-34(13-9-2)42(54-48(60)62-7)45(57)55(25-10-3)29-40-49-28-38(50-40)33-20-17-31(18-21-33)15-16-32-19-23-36-35(27-32)22-24-37-43(36)52-44(51-37)39-14-11-26-56(39)46(58)41(30(4)5)53-47(59)61-6/h8-9,12-13,17-24,27-28,30,39,41-42H,1,10-11,14,25-26,29H2,2-7H3,(H,49,50)(H,51,52)(H,53,59)(H,54,60)/b13-9-,34-12+. The smallest absolute Gasteiger partial charge is 0.407 e. The molecule has 0 bridgehead atoms. The number of carbonyl (C=O) groups is 4. The summed E-state index contributed by atoms with van der Waals surface area (Å²) in [6, 6.07) is 16.0. The lowest BCUT2D eigenvalue weighted by molar-refractivity contribution is -0.135. The summed E-state index contributed by atoms with van der Waals surface area (Å²) in [7, 11) is 2.54. The fourth-order valence-electron chi connectivity index (χ4n) is 7.66. The molecule has 14 nitrogen and oxygen atoms in total. The van der Waals surface area contributed by atoms with Crippen molar-refractivity contribution in [3.05, 3.63) is 120 Å². The molecule has 1 fully saturated rings. The quantitative estimate of drug-likeness (QED) is 0.0650. The number of aromatic nitrogens is 4. The number of amides is 4. The molecule has 0 spiro atoms. The molecule has 4 amide bonds. The maximum Gasteiger partial charge on any atom is 0.407 e. The van der Waals surface area contributed by atoms with Crippen LogP contribution in [0.15, 0.2) is 97.3 Å². The van der Waals surface area contributed by atoms with Crippen molar-refractivity contribution < 1.29 is 28.7 Å². The van der Waals surface area contributed by atoms with E-state index >= 15 is 0 Å². The summed E-state index contributed by atoms with van der Waals surface area (Å²) in [4.78, 5) is 71.7. The van der Waals surface area contributed by atoms with Crippen molar-refractivity contribution in [1.82, 2.24) is 40.4 Å². The number of fused-ring (bicyclic) bond motifs is 3. The zero-order valence-electron chi connectivity index (χ0n) is 36.1. The highest BCUT2D eigenvalue weighted by atomic mass is 16.5. The van der Waals surface area contributed by atoms with E-state index in [-0.39, 0.29) is 30.3 Å². The summed E-state index contributed by atoms with van der Waals surface area (Å²) in [6.07, 6.45) is 9.51. The Morgan fingerprint density at radius 2 is 1.73 bits per heavy atom. The van der Waals surface area contributed by atoms with Gasteiger partial charge in [-0.25, -0.2) is 19.6 Å². The lowest BCUT2D eigenvalue weighted by atomic mass is 10.0. The predicted octanol–water partition coefficient (Wildman–Crippen LogP) is 7.70. The molecule has 4 N–H and O–H groups in total. The SMILES string of the molecule is C=C/C=C(\C=C/C)C(NC(=O)OC)C(=O)N(CCC)Cc1ncc(-c2ccc(C#Cc3ccc4c(ccc5[nH]c(C6CCCN6C(=O)C(NC(=O)OC)C(C)C)nc54)c3)cc2)[nH]1. The van der Waals surface area contributed by atoms with Gasteiger partial charge >= 0.3 is 12.2 Å². The van der Waals surface area contributed by atoms with Gasteiger partial charge in [0, 0.05) is 29.6 Å². The average Bonchev–Trinajstić information content (AvgIpc) is 4.06. The van der Waals surface area contributed by atoms with E-state index in [2.05, 4.69) is 44.0 Å². The van der Waals surface area contributed by atoms with Gasteiger partial charge in [0.2, 0.25) is 11.8 Å². The van der Waals surface area contributed by atoms with E-state index in [4.69, 9.17) is 14.5 Å². The Labute approximate surface area is 361 Å². The number of benzene rings is 3. The highest BCUT2D eigenvalue weighted by molar-refractivity contribution is 6.04. The first kappa shape index (κ1) is 44.4. The predicted molar refractivity (Wildman–Crippen MR) is 240 cm³/mol. The summed E-state index contributed by atoms with van der Waals surface area (Å²) in [5.74, 6) is 7.33. The Bertz CT molecular complexity index is 2560. The van der Waals surface area contributed by atoms with Crippen molar-refractivity contribution in [2.24, 2.45) is 5.92 Å². The van der Waals surface area contributed by atoms with Gasteiger partial charge in [-0.1, -0.05) is 87.8 Å². The Morgan fingerprint density at radius 1 is 1.00 bits per heavy atom. The summed E-state index contributed by atoms with van der Waals surface area (Å²) in [6.45, 7) is 12.6. The molecule has 3 heterocycles. The van der Waals surface area contributed by atoms with Crippen LogP contribution in [0.25, 0.3) is 33.1 Å². The van der Waals surface area contributed by atoms with Crippen LogP contribution in [0.5, 0.6) is 0 Å². The second-order valence-electron chi connectivity index (χ2n) is 15.4. The molecule has 3 atom stereocenters. The molecule has 0 saturated carbocycles. The maximum absolute atomic E-state index is 13.9. The van der Waals surface area contributed by atoms with Gasteiger partial charge in [-0.2, -0.15) is 0 Å². The molecule has 1 aliphatic rings. The van der Waals surface area contributed by atoms with Crippen molar-refractivity contribution in [2.75, 3.05) is 27.3 Å². The summed E-state index contributed by atoms with van der Waals surface area (Å²) in [5.41, 5.74) is 5.67. The molecule has 0 aliphatic carbocycles. The number of aromatic amines is 2. The molecular formula is C48H54N8O6. The first-order valence-electron chi connectivity index (χ1n) is 20.8. The molecule has 0 radical (unpaired) electrons. The van der Waals surface area contributed by atoms with E-state index in [0.29, 0.717) is 30.9 Å². The number of hydrogen-bond donors (Lipinski definition) is 4. The number of allylic oxidation sites excluding steroid dienone is 3. The molecular weight excluding hydrogens is 785 g/mol. The zero-order valence-corrected chi connectivity index (χ0v) is 36.1. The van der Waals surface area contributed by atoms with E-state index in [1.54, 1.807) is 35.4 Å². The Kier molecular flexibility index (Phi) is 14.6. The van der Waals surface area contributed by atoms with Crippen LogP contribution >= 0.6 is 0 Å². The number of carbonyl (C=O) groups excluding carboxylic acids is 4. The number of nitrogens with one attached hydrogen (secondary N) is 4. The maximum atomic E-state index is 13.9. The second kappa shape index (κ2) is 20.4. The first-order valence-corrected chi connectivity index (χ1v) is 20.8. The normalized spacial score (nSPS) is 15.0. The number of hydrogen-bond acceptors (Lipinski definition) is 8. The van der Waals surface area contributed by atoms with E-state index in [0.717, 1.165) is 62.9 Å². The van der Waals surface area contributed by atoms with Gasteiger partial charge in [-0.15, -0.1) is 0 Å². The topological polar surface area (TPSA) is 175 Å².